The predicted molar refractivity (Wildman–Crippen MR) is 208 cm³/mol. The summed E-state index contributed by atoms with van der Waals surface area (Å²) in [6, 6.07) is 4.46. The third kappa shape index (κ3) is 10.2. The highest BCUT2D eigenvalue weighted by Gasteiger charge is 2.49. The minimum absolute atomic E-state index is 0.0932. The number of ether oxygens (including phenoxy) is 4. The molecule has 2 aromatic rings. The maximum Gasteiger partial charge on any atom is 0.417 e. The van der Waals surface area contributed by atoms with Gasteiger partial charge in [0.2, 0.25) is 5.91 Å². The lowest BCUT2D eigenvalue weighted by atomic mass is 9.79. The van der Waals surface area contributed by atoms with Gasteiger partial charge in [-0.05, 0) is 75.4 Å². The number of fused-ring (bicyclic) bond motifs is 4. The summed E-state index contributed by atoms with van der Waals surface area (Å²) in [6.45, 7) is 5.92. The van der Waals surface area contributed by atoms with Crippen LogP contribution in [-0.2, 0) is 36.4 Å². The minimum Gasteiger partial charge on any atom is -0.495 e. The zero-order valence-electron chi connectivity index (χ0n) is 33.5. The van der Waals surface area contributed by atoms with Crippen molar-refractivity contribution >= 4 is 46.9 Å². The molecule has 4 rings (SSSR count). The molecule has 2 aliphatic heterocycles. The molecule has 0 radical (unpaired) electrons. The van der Waals surface area contributed by atoms with Crippen LogP contribution >= 0.6 is 11.6 Å². The van der Waals surface area contributed by atoms with Crippen molar-refractivity contribution in [3.63, 3.8) is 0 Å². The van der Waals surface area contributed by atoms with Gasteiger partial charge < -0.3 is 44.7 Å². The molecule has 7 atom stereocenters. The first-order valence-corrected chi connectivity index (χ1v) is 18.7. The number of nitrogens with one attached hydrogen (secondary N) is 1. The van der Waals surface area contributed by atoms with Crippen molar-refractivity contribution in [3.8, 4) is 5.75 Å². The summed E-state index contributed by atoms with van der Waals surface area (Å²) < 4.78 is 64.1. The van der Waals surface area contributed by atoms with E-state index < -0.39 is 89.2 Å². The molecule has 318 valence electrons. The molecule has 2 heterocycles. The first-order valence-electron chi connectivity index (χ1n) is 18.3. The van der Waals surface area contributed by atoms with Gasteiger partial charge in [-0.15, -0.1) is 0 Å². The fourth-order valence-corrected chi connectivity index (χ4v) is 7.19. The van der Waals surface area contributed by atoms with Gasteiger partial charge in [-0.25, -0.2) is 9.59 Å². The fourth-order valence-electron chi connectivity index (χ4n) is 6.88. The van der Waals surface area contributed by atoms with Crippen LogP contribution in [0.25, 0.3) is 0 Å². The van der Waals surface area contributed by atoms with E-state index in [0.29, 0.717) is 18.1 Å². The smallest absolute Gasteiger partial charge is 0.417 e. The van der Waals surface area contributed by atoms with Gasteiger partial charge in [0.15, 0.2) is 5.72 Å². The van der Waals surface area contributed by atoms with E-state index in [2.05, 4.69) is 5.32 Å². The van der Waals surface area contributed by atoms with Crippen molar-refractivity contribution in [2.45, 2.75) is 95.2 Å². The number of nitrogen functional groups attached to an aromatic ring is 1. The van der Waals surface area contributed by atoms with Crippen LogP contribution in [0.2, 0.25) is 5.02 Å². The molecule has 1 fully saturated rings. The second kappa shape index (κ2) is 18.0. The molecule has 0 aliphatic carbocycles. The predicted octanol–water partition coefficient (Wildman–Crippen LogP) is 5.41. The molecule has 2 aromatic carbocycles. The lowest BCUT2D eigenvalue weighted by Gasteiger charge is -2.43. The number of allylic oxidation sites excluding steroid dienone is 3. The van der Waals surface area contributed by atoms with Crippen molar-refractivity contribution in [2.24, 2.45) is 5.92 Å². The number of anilines is 2. The Hall–Kier alpha value is -4.84. The van der Waals surface area contributed by atoms with E-state index in [4.69, 9.17) is 36.3 Å². The van der Waals surface area contributed by atoms with Crippen molar-refractivity contribution in [1.29, 1.82) is 0 Å². The Morgan fingerprint density at radius 2 is 1.84 bits per heavy atom. The number of hydrogen-bond acceptors (Lipinski definition) is 11. The Bertz CT molecular complexity index is 1960. The SMILES string of the molecule is COc1cc2cc(c1Cl)N(C)C(=O)C[C@H](OC(=O)[C@H](C)N(C)C(=O)c1ccc(N)cc1C(F)(F)F)[C@](C)(O)[C@@H](C)C[C@@H]1C[C@@](O)(NC(=O)O1)[C@H](OC)/C=C/C=C(\C)C2. The van der Waals surface area contributed by atoms with Crippen molar-refractivity contribution < 1.29 is 61.5 Å². The number of alkyl halides is 3. The van der Waals surface area contributed by atoms with Gasteiger partial charge in [-0.1, -0.05) is 42.3 Å². The van der Waals surface area contributed by atoms with Crippen LogP contribution in [0.5, 0.6) is 5.75 Å². The minimum atomic E-state index is -4.95. The van der Waals surface area contributed by atoms with Crippen molar-refractivity contribution in [1.82, 2.24) is 10.2 Å². The van der Waals surface area contributed by atoms with E-state index in [1.165, 1.54) is 40.0 Å². The Morgan fingerprint density at radius 3 is 2.47 bits per heavy atom. The van der Waals surface area contributed by atoms with Crippen molar-refractivity contribution in [3.05, 3.63) is 75.8 Å². The normalized spacial score (nSPS) is 28.0. The van der Waals surface area contributed by atoms with Gasteiger partial charge in [-0.2, -0.15) is 13.2 Å². The summed E-state index contributed by atoms with van der Waals surface area (Å²) in [5.41, 5.74) is 0.989. The molecule has 14 nitrogen and oxygen atoms in total. The zero-order chi connectivity index (χ0) is 43.5. The van der Waals surface area contributed by atoms with Gasteiger partial charge in [0, 0.05) is 33.3 Å². The second-order valence-corrected chi connectivity index (χ2v) is 15.4. The molecule has 0 unspecified atom stereocenters. The highest BCUT2D eigenvalue weighted by Crippen LogP contribution is 2.39. The molecule has 2 aliphatic rings. The summed E-state index contributed by atoms with van der Waals surface area (Å²) >= 11 is 6.70. The van der Waals surface area contributed by atoms with E-state index in [0.717, 1.165) is 29.7 Å². The fraction of sp³-hybridized carbons (Fsp3) is 0.500. The maximum absolute atomic E-state index is 14.1. The molecule has 5 N–H and O–H groups in total. The highest BCUT2D eigenvalue weighted by atomic mass is 35.5. The maximum atomic E-state index is 14.1. The van der Waals surface area contributed by atoms with Crippen LogP contribution in [-0.4, -0.2) is 103 Å². The first kappa shape index (κ1) is 45.9. The Balaban J connectivity index is 1.77. The Labute approximate surface area is 339 Å². The quantitative estimate of drug-likeness (QED) is 0.215. The molecule has 4 bridgehead atoms. The summed E-state index contributed by atoms with van der Waals surface area (Å²) in [5.74, 6) is -3.69. The van der Waals surface area contributed by atoms with Gasteiger partial charge in [0.1, 0.15) is 40.7 Å². The first-order chi connectivity index (χ1) is 26.9. The van der Waals surface area contributed by atoms with Crippen LogP contribution in [0.1, 0.15) is 68.4 Å². The summed E-state index contributed by atoms with van der Waals surface area (Å²) in [7, 11) is 5.29. The number of hydrogen-bond donors (Lipinski definition) is 4. The number of benzene rings is 2. The monoisotopic (exact) mass is 838 g/mol. The number of likely N-dealkylation sites (N-methyl/N-ethyl adjacent to an activating group) is 1. The lowest BCUT2D eigenvalue weighted by Crippen LogP contribution is -2.63. The standard InChI is InChI=1S/C40H50ClF3N4O10/c1-21-10-9-11-31(56-8)39(54)20-26(57-37(52)46-39)15-22(2)38(4,53)32(19-33(49)48(6)29-16-24(14-21)17-30(55-7)34(29)41)58-36(51)23(3)47(5)35(50)27-13-12-25(45)18-28(27)40(42,43)44/h9-13,16-18,22-23,26,31-32,53-54H,14-15,19-20,45H2,1-8H3,(H,46,52)/b11-9+,21-10+/t22-,23-,26+,31+,32-,38+,39-/m0/s1. The summed E-state index contributed by atoms with van der Waals surface area (Å²) in [6.07, 6.45) is -5.23. The molecule has 58 heavy (non-hydrogen) atoms. The molecule has 1 saturated heterocycles. The third-order valence-corrected chi connectivity index (χ3v) is 11.1. The average Bonchev–Trinajstić information content (AvgIpc) is 3.14. The number of halogens is 4. The zero-order valence-corrected chi connectivity index (χ0v) is 34.2. The number of carbonyl (C=O) groups is 4. The van der Waals surface area contributed by atoms with Gasteiger partial charge in [0.25, 0.3) is 5.91 Å². The van der Waals surface area contributed by atoms with E-state index >= 15 is 0 Å². The highest BCUT2D eigenvalue weighted by molar-refractivity contribution is 6.35. The Kier molecular flexibility index (Phi) is 14.2. The Morgan fingerprint density at radius 1 is 1.17 bits per heavy atom. The molecular formula is C40H50ClF3N4O10. The second-order valence-electron chi connectivity index (χ2n) is 15.0. The van der Waals surface area contributed by atoms with Crippen molar-refractivity contribution in [2.75, 3.05) is 38.9 Å². The average molecular weight is 839 g/mol. The molecule has 0 saturated carbocycles. The number of amides is 3. The van der Waals surface area contributed by atoms with E-state index in [-0.39, 0.29) is 35.0 Å². The van der Waals surface area contributed by atoms with Crippen LogP contribution in [0.3, 0.4) is 0 Å². The summed E-state index contributed by atoms with van der Waals surface area (Å²) in [5, 5.41) is 26.4. The number of rotatable bonds is 6. The van der Waals surface area contributed by atoms with Gasteiger partial charge in [0.05, 0.1) is 30.3 Å². The van der Waals surface area contributed by atoms with E-state index in [9.17, 15) is 42.6 Å². The molecule has 3 amide bonds. The number of methoxy groups -OCH3 is 2. The molecular weight excluding hydrogens is 789 g/mol. The number of nitrogens with two attached hydrogens (primary N) is 1. The largest absolute Gasteiger partial charge is 0.495 e. The lowest BCUT2D eigenvalue weighted by molar-refractivity contribution is -0.179. The van der Waals surface area contributed by atoms with E-state index in [1.54, 1.807) is 37.3 Å². The van der Waals surface area contributed by atoms with Crippen LogP contribution < -0.4 is 20.7 Å². The third-order valence-electron chi connectivity index (χ3n) is 10.7. The molecule has 0 spiro atoms. The van der Waals surface area contributed by atoms with Gasteiger partial charge in [-0.3, -0.25) is 14.9 Å². The van der Waals surface area contributed by atoms with Crippen LogP contribution in [0.4, 0.5) is 29.3 Å². The topological polar surface area (TPSA) is 190 Å². The molecule has 18 heteroatoms. The summed E-state index contributed by atoms with van der Waals surface area (Å²) in [4.78, 5) is 56.1. The van der Waals surface area contributed by atoms with E-state index in [1.807, 2.05) is 6.92 Å². The number of aliphatic hydroxyl groups is 2. The number of esters is 1. The number of nitrogens with zero attached hydrogens (tertiary/aromatic N) is 2. The van der Waals surface area contributed by atoms with Gasteiger partial charge >= 0.3 is 18.2 Å². The molecule has 0 aromatic heterocycles. The number of alkyl carbamates (subject to hydrolysis) is 1. The number of carbonyl (C=O) groups excluding carboxylic acids is 4. The van der Waals surface area contributed by atoms with Crippen LogP contribution in [0, 0.1) is 5.92 Å². The van der Waals surface area contributed by atoms with Crippen LogP contribution in [0.15, 0.2) is 54.1 Å².